The molecule has 0 atom stereocenters. The molecule has 0 aliphatic carbocycles. The van der Waals surface area contributed by atoms with E-state index in [0.717, 1.165) is 11.3 Å². The van der Waals surface area contributed by atoms with Gasteiger partial charge in [0.25, 0.3) is 5.91 Å². The molecule has 2 aromatic rings. The molecule has 1 aromatic heterocycles. The molecule has 2 heterocycles. The fourth-order valence-corrected chi connectivity index (χ4v) is 5.41. The first-order chi connectivity index (χ1) is 12.5. The molecule has 0 radical (unpaired) electrons. The van der Waals surface area contributed by atoms with Crippen molar-refractivity contribution in [3.8, 4) is 0 Å². The first-order valence-electron chi connectivity index (χ1n) is 8.17. The number of ether oxygens (including phenoxy) is 1. The second-order valence-electron chi connectivity index (χ2n) is 5.73. The molecule has 6 nitrogen and oxygen atoms in total. The molecule has 26 heavy (non-hydrogen) atoms. The maximum Gasteiger partial charge on any atom is 0.262 e. The second kappa shape index (κ2) is 8.26. The summed E-state index contributed by atoms with van der Waals surface area (Å²) in [5.41, 5.74) is 0.500. The number of carbonyl (C=O) groups is 1. The first kappa shape index (κ1) is 19.0. The lowest BCUT2D eigenvalue weighted by Crippen LogP contribution is -2.41. The Balaban J connectivity index is 1.67. The monoisotopic (exact) mass is 398 g/mol. The lowest BCUT2D eigenvalue weighted by Gasteiger charge is -2.26. The molecule has 3 rings (SSSR count). The van der Waals surface area contributed by atoms with Crippen molar-refractivity contribution in [2.24, 2.45) is 0 Å². The molecule has 0 bridgehead atoms. The highest BCUT2D eigenvalue weighted by atomic mass is 32.2. The molecule has 1 aliphatic heterocycles. The molecule has 1 fully saturated rings. The van der Waals surface area contributed by atoms with E-state index in [9.17, 15) is 17.6 Å². The summed E-state index contributed by atoms with van der Waals surface area (Å²) in [6.45, 7) is 1.44. The molecular formula is C17H19FN2O4S2. The van der Waals surface area contributed by atoms with E-state index in [0.29, 0.717) is 25.2 Å². The second-order valence-corrected chi connectivity index (χ2v) is 8.55. The minimum atomic E-state index is -3.74. The number of hydrogen-bond acceptors (Lipinski definition) is 5. The van der Waals surface area contributed by atoms with E-state index >= 15 is 0 Å². The van der Waals surface area contributed by atoms with Gasteiger partial charge < -0.3 is 10.1 Å². The quantitative estimate of drug-likeness (QED) is 0.806. The summed E-state index contributed by atoms with van der Waals surface area (Å²) in [4.78, 5) is 12.6. The molecule has 1 N–H and O–H groups in total. The van der Waals surface area contributed by atoms with E-state index in [2.05, 4.69) is 5.32 Å². The van der Waals surface area contributed by atoms with Crippen LogP contribution in [0.2, 0.25) is 0 Å². The average Bonchev–Trinajstić information content (AvgIpc) is 3.15. The number of thiophene rings is 1. The van der Waals surface area contributed by atoms with Crippen molar-refractivity contribution >= 4 is 27.3 Å². The number of benzene rings is 1. The Bertz CT molecular complexity index is 876. The van der Waals surface area contributed by atoms with Crippen LogP contribution in [0.5, 0.6) is 0 Å². The zero-order valence-electron chi connectivity index (χ0n) is 14.0. The van der Waals surface area contributed by atoms with Gasteiger partial charge in [-0.2, -0.15) is 4.31 Å². The van der Waals surface area contributed by atoms with E-state index in [-0.39, 0.29) is 35.2 Å². The highest BCUT2D eigenvalue weighted by molar-refractivity contribution is 7.89. The number of nitrogens with zero attached hydrogens (tertiary/aromatic N) is 1. The third-order valence-corrected chi connectivity index (χ3v) is 7.04. The van der Waals surface area contributed by atoms with Crippen molar-refractivity contribution in [3.05, 3.63) is 52.0 Å². The van der Waals surface area contributed by atoms with Crippen LogP contribution in [0.25, 0.3) is 0 Å². The zero-order valence-corrected chi connectivity index (χ0v) is 15.6. The molecule has 9 heteroatoms. The highest BCUT2D eigenvalue weighted by Gasteiger charge is 2.31. The summed E-state index contributed by atoms with van der Waals surface area (Å²) in [6.07, 6.45) is 0.329. The largest absolute Gasteiger partial charge is 0.379 e. The van der Waals surface area contributed by atoms with Gasteiger partial charge in [0.2, 0.25) is 10.0 Å². The van der Waals surface area contributed by atoms with Crippen molar-refractivity contribution in [1.29, 1.82) is 0 Å². The third-order valence-electron chi connectivity index (χ3n) is 4.06. The molecule has 1 amide bonds. The van der Waals surface area contributed by atoms with Gasteiger partial charge in [0, 0.05) is 19.6 Å². The van der Waals surface area contributed by atoms with Crippen LogP contribution >= 0.6 is 11.3 Å². The van der Waals surface area contributed by atoms with Crippen molar-refractivity contribution in [3.63, 3.8) is 0 Å². The average molecular weight is 398 g/mol. The molecule has 0 unspecified atom stereocenters. The number of morpholine rings is 1. The Morgan fingerprint density at radius 1 is 1.23 bits per heavy atom. The van der Waals surface area contributed by atoms with Gasteiger partial charge >= 0.3 is 0 Å². The molecule has 1 saturated heterocycles. The molecule has 0 spiro atoms. The molecule has 1 aliphatic rings. The van der Waals surface area contributed by atoms with Crippen LogP contribution in [-0.4, -0.2) is 51.5 Å². The Labute approximate surface area is 155 Å². The lowest BCUT2D eigenvalue weighted by molar-refractivity contribution is 0.0730. The maximum absolute atomic E-state index is 13.6. The van der Waals surface area contributed by atoms with Crippen molar-refractivity contribution in [2.75, 3.05) is 32.8 Å². The third kappa shape index (κ3) is 4.12. The van der Waals surface area contributed by atoms with Crippen LogP contribution in [0.15, 0.2) is 40.6 Å². The van der Waals surface area contributed by atoms with Gasteiger partial charge in [0.1, 0.15) is 15.6 Å². The van der Waals surface area contributed by atoms with Gasteiger partial charge in [-0.1, -0.05) is 18.2 Å². The fraction of sp³-hybridized carbons (Fsp3) is 0.353. The van der Waals surface area contributed by atoms with Gasteiger partial charge in [0.05, 0.1) is 13.2 Å². The number of rotatable bonds is 6. The summed E-state index contributed by atoms with van der Waals surface area (Å²) in [7, 11) is -3.74. The topological polar surface area (TPSA) is 75.7 Å². The number of sulfonamides is 1. The summed E-state index contributed by atoms with van der Waals surface area (Å²) in [6, 6.07) is 7.80. The van der Waals surface area contributed by atoms with Crippen LogP contribution in [0.1, 0.15) is 15.2 Å². The standard InChI is InChI=1S/C17H19FN2O4S2/c18-14-4-2-1-3-13(14)5-7-19-17(21)16-15(6-12-25-16)26(22,23)20-8-10-24-11-9-20/h1-4,6,12H,5,7-11H2,(H,19,21). The van der Waals surface area contributed by atoms with Crippen LogP contribution in [0.3, 0.4) is 0 Å². The normalized spacial score (nSPS) is 15.7. The van der Waals surface area contributed by atoms with Crippen molar-refractivity contribution in [2.45, 2.75) is 11.3 Å². The van der Waals surface area contributed by atoms with Gasteiger partial charge in [-0.25, -0.2) is 12.8 Å². The SMILES string of the molecule is O=C(NCCc1ccccc1F)c1sccc1S(=O)(=O)N1CCOCC1. The summed E-state index contributed by atoms with van der Waals surface area (Å²) in [5, 5.41) is 4.26. The van der Waals surface area contributed by atoms with E-state index < -0.39 is 15.9 Å². The Morgan fingerprint density at radius 2 is 1.96 bits per heavy atom. The van der Waals surface area contributed by atoms with Crippen LogP contribution < -0.4 is 5.32 Å². The van der Waals surface area contributed by atoms with E-state index in [1.54, 1.807) is 23.6 Å². The van der Waals surface area contributed by atoms with Gasteiger partial charge in [0.15, 0.2) is 0 Å². The number of nitrogens with one attached hydrogen (secondary N) is 1. The number of hydrogen-bond donors (Lipinski definition) is 1. The highest BCUT2D eigenvalue weighted by Crippen LogP contribution is 2.25. The van der Waals surface area contributed by atoms with E-state index in [4.69, 9.17) is 4.74 Å². The van der Waals surface area contributed by atoms with E-state index in [1.165, 1.54) is 16.4 Å². The van der Waals surface area contributed by atoms with Gasteiger partial charge in [-0.15, -0.1) is 11.3 Å². The van der Waals surface area contributed by atoms with Crippen molar-refractivity contribution in [1.82, 2.24) is 9.62 Å². The van der Waals surface area contributed by atoms with E-state index in [1.807, 2.05) is 0 Å². The van der Waals surface area contributed by atoms with Crippen LogP contribution in [0, 0.1) is 5.82 Å². The molecule has 140 valence electrons. The number of halogens is 1. The Kier molecular flexibility index (Phi) is 6.02. The molecule has 1 aromatic carbocycles. The zero-order chi connectivity index (χ0) is 18.6. The fourth-order valence-electron chi connectivity index (χ4n) is 2.68. The minimum absolute atomic E-state index is 0.00721. The van der Waals surface area contributed by atoms with Crippen molar-refractivity contribution < 1.29 is 22.3 Å². The Morgan fingerprint density at radius 3 is 2.69 bits per heavy atom. The van der Waals surface area contributed by atoms with Gasteiger partial charge in [-0.3, -0.25) is 4.79 Å². The number of carbonyl (C=O) groups excluding carboxylic acids is 1. The van der Waals surface area contributed by atoms with Crippen LogP contribution in [0.4, 0.5) is 4.39 Å². The van der Waals surface area contributed by atoms with Gasteiger partial charge in [-0.05, 0) is 29.5 Å². The Hall–Kier alpha value is -1.81. The first-order valence-corrected chi connectivity index (χ1v) is 10.5. The molecular weight excluding hydrogens is 379 g/mol. The number of amides is 1. The summed E-state index contributed by atoms with van der Waals surface area (Å²) in [5.74, 6) is -0.795. The summed E-state index contributed by atoms with van der Waals surface area (Å²) < 4.78 is 45.6. The smallest absolute Gasteiger partial charge is 0.262 e. The predicted molar refractivity (Wildman–Crippen MR) is 96.3 cm³/mol. The molecule has 0 saturated carbocycles. The summed E-state index contributed by atoms with van der Waals surface area (Å²) >= 11 is 1.07. The predicted octanol–water partition coefficient (Wildman–Crippen LogP) is 1.88. The maximum atomic E-state index is 13.6. The lowest BCUT2D eigenvalue weighted by atomic mass is 10.1. The minimum Gasteiger partial charge on any atom is -0.379 e. The van der Waals surface area contributed by atoms with Crippen LogP contribution in [-0.2, 0) is 21.2 Å².